The van der Waals surface area contributed by atoms with Gasteiger partial charge < -0.3 is 15.5 Å². The monoisotopic (exact) mass is 343 g/mol. The third-order valence-corrected chi connectivity index (χ3v) is 4.19. The fraction of sp³-hybridized carbons (Fsp3) is 0.375. The molecule has 0 amide bonds. The van der Waals surface area contributed by atoms with Crippen LogP contribution in [0.4, 0.5) is 13.2 Å². The highest BCUT2D eigenvalue weighted by molar-refractivity contribution is 5.92. The second-order valence-corrected chi connectivity index (χ2v) is 5.79. The summed E-state index contributed by atoms with van der Waals surface area (Å²) in [6.45, 7) is 2.92. The largest absolute Gasteiger partial charge is 0.481 e. The number of benzene rings is 1. The highest BCUT2D eigenvalue weighted by Crippen LogP contribution is 2.45. The summed E-state index contributed by atoms with van der Waals surface area (Å²) in [7, 11) is 0. The van der Waals surface area contributed by atoms with Crippen molar-refractivity contribution in [3.8, 4) is 0 Å². The molecule has 24 heavy (non-hydrogen) atoms. The molecule has 1 aliphatic rings. The van der Waals surface area contributed by atoms with Crippen LogP contribution in [0.25, 0.3) is 0 Å². The summed E-state index contributed by atoms with van der Waals surface area (Å²) < 4.78 is 40.1. The highest BCUT2D eigenvalue weighted by Gasteiger charge is 2.56. The first-order chi connectivity index (χ1) is 11.0. The van der Waals surface area contributed by atoms with Gasteiger partial charge in [-0.15, -0.1) is 0 Å². The number of carboxylic acid groups (broad SMARTS) is 2. The summed E-state index contributed by atoms with van der Waals surface area (Å²) >= 11 is 0. The molecule has 3 N–H and O–H groups in total. The van der Waals surface area contributed by atoms with Gasteiger partial charge in [-0.1, -0.05) is 18.2 Å². The number of carboxylic acids is 2. The quantitative estimate of drug-likeness (QED) is 0.785. The minimum absolute atomic E-state index is 0.305. The molecule has 2 rings (SSSR count). The van der Waals surface area contributed by atoms with Gasteiger partial charge in [-0.05, 0) is 31.6 Å². The van der Waals surface area contributed by atoms with Gasteiger partial charge in [0, 0.05) is 11.7 Å². The van der Waals surface area contributed by atoms with Crippen molar-refractivity contribution < 1.29 is 33.0 Å². The number of hydrogen-bond donors (Lipinski definition) is 3. The third kappa shape index (κ3) is 2.72. The Morgan fingerprint density at radius 1 is 1.21 bits per heavy atom. The zero-order chi connectivity index (χ0) is 18.3. The lowest BCUT2D eigenvalue weighted by Gasteiger charge is -2.42. The van der Waals surface area contributed by atoms with Gasteiger partial charge in [-0.3, -0.25) is 9.59 Å². The van der Waals surface area contributed by atoms with Crippen molar-refractivity contribution in [1.29, 1.82) is 0 Å². The molecule has 1 heterocycles. The molecule has 1 aliphatic heterocycles. The van der Waals surface area contributed by atoms with E-state index in [0.29, 0.717) is 5.70 Å². The standard InChI is InChI=1S/C16H16F3NO4/c1-8-7-15(14(23)24,12(13(21)22)9(2)20-8)10-5-3-4-6-11(10)16(17,18)19/h3-7,9,12,20H,1-2H3,(H,21,22)(H,23,24). The maximum absolute atomic E-state index is 13.4. The third-order valence-electron chi connectivity index (χ3n) is 4.19. The molecule has 0 spiro atoms. The molecule has 130 valence electrons. The number of allylic oxidation sites excluding steroid dienone is 1. The molecule has 0 saturated heterocycles. The summed E-state index contributed by atoms with van der Waals surface area (Å²) in [5, 5.41) is 22.1. The number of nitrogens with one attached hydrogen (secondary N) is 1. The molecule has 1 aromatic rings. The van der Waals surface area contributed by atoms with Gasteiger partial charge >= 0.3 is 18.1 Å². The molecular formula is C16H16F3NO4. The second kappa shape index (κ2) is 5.85. The molecule has 0 aromatic heterocycles. The first-order valence-corrected chi connectivity index (χ1v) is 7.10. The first kappa shape index (κ1) is 17.8. The summed E-state index contributed by atoms with van der Waals surface area (Å²) in [6, 6.07) is 3.32. The predicted octanol–water partition coefficient (Wildman–Crippen LogP) is 2.62. The maximum Gasteiger partial charge on any atom is 0.416 e. The van der Waals surface area contributed by atoms with Crippen molar-refractivity contribution in [1.82, 2.24) is 5.32 Å². The van der Waals surface area contributed by atoms with Gasteiger partial charge in [-0.25, -0.2) is 0 Å². The van der Waals surface area contributed by atoms with Gasteiger partial charge in [0.05, 0.1) is 5.56 Å². The molecule has 5 nitrogen and oxygen atoms in total. The zero-order valence-corrected chi connectivity index (χ0v) is 12.9. The van der Waals surface area contributed by atoms with Gasteiger partial charge in [0.1, 0.15) is 11.3 Å². The van der Waals surface area contributed by atoms with Crippen molar-refractivity contribution in [3.63, 3.8) is 0 Å². The SMILES string of the molecule is CC1=CC(C(=O)O)(c2ccccc2C(F)(F)F)C(C(=O)O)C(C)N1. The topological polar surface area (TPSA) is 86.6 Å². The van der Waals surface area contributed by atoms with Crippen LogP contribution in [-0.2, 0) is 21.2 Å². The molecule has 0 fully saturated rings. The smallest absolute Gasteiger partial charge is 0.416 e. The van der Waals surface area contributed by atoms with E-state index in [1.165, 1.54) is 19.9 Å². The Morgan fingerprint density at radius 2 is 1.79 bits per heavy atom. The number of aliphatic carboxylic acids is 2. The van der Waals surface area contributed by atoms with E-state index in [4.69, 9.17) is 0 Å². The Kier molecular flexibility index (Phi) is 4.34. The molecular weight excluding hydrogens is 327 g/mol. The Morgan fingerprint density at radius 3 is 2.29 bits per heavy atom. The number of carbonyl (C=O) groups is 2. The second-order valence-electron chi connectivity index (χ2n) is 5.79. The van der Waals surface area contributed by atoms with Gasteiger partial charge in [0.2, 0.25) is 0 Å². The van der Waals surface area contributed by atoms with E-state index in [9.17, 15) is 33.0 Å². The van der Waals surface area contributed by atoms with Crippen LogP contribution in [0, 0.1) is 5.92 Å². The van der Waals surface area contributed by atoms with Crippen molar-refractivity contribution in [2.24, 2.45) is 5.92 Å². The molecule has 1 aromatic carbocycles. The van der Waals surface area contributed by atoms with Crippen LogP contribution in [0.5, 0.6) is 0 Å². The molecule has 0 saturated carbocycles. The summed E-state index contributed by atoms with van der Waals surface area (Å²) in [5.74, 6) is -4.74. The van der Waals surface area contributed by atoms with E-state index < -0.39 is 46.6 Å². The number of rotatable bonds is 3. The lowest BCUT2D eigenvalue weighted by molar-refractivity contribution is -0.157. The van der Waals surface area contributed by atoms with E-state index in [1.54, 1.807) is 0 Å². The molecule has 0 bridgehead atoms. The van der Waals surface area contributed by atoms with E-state index in [-0.39, 0.29) is 0 Å². The lowest BCUT2D eigenvalue weighted by atomic mass is 9.64. The molecule has 3 unspecified atom stereocenters. The Hall–Kier alpha value is -2.51. The van der Waals surface area contributed by atoms with E-state index >= 15 is 0 Å². The summed E-state index contributed by atoms with van der Waals surface area (Å²) in [5.41, 5.74) is -3.76. The number of hydrogen-bond acceptors (Lipinski definition) is 3. The maximum atomic E-state index is 13.4. The van der Waals surface area contributed by atoms with Crippen molar-refractivity contribution in [2.45, 2.75) is 31.5 Å². The fourth-order valence-corrected chi connectivity index (χ4v) is 3.36. The summed E-state index contributed by atoms with van der Waals surface area (Å²) in [4.78, 5) is 23.8. The van der Waals surface area contributed by atoms with Crippen LogP contribution in [0.1, 0.15) is 25.0 Å². The highest BCUT2D eigenvalue weighted by atomic mass is 19.4. The lowest BCUT2D eigenvalue weighted by Crippen LogP contribution is -2.57. The van der Waals surface area contributed by atoms with Gasteiger partial charge in [0.15, 0.2) is 0 Å². The van der Waals surface area contributed by atoms with Crippen LogP contribution in [0.3, 0.4) is 0 Å². The van der Waals surface area contributed by atoms with Crippen LogP contribution >= 0.6 is 0 Å². The Balaban J connectivity index is 2.89. The first-order valence-electron chi connectivity index (χ1n) is 7.10. The number of alkyl halides is 3. The summed E-state index contributed by atoms with van der Waals surface area (Å²) in [6.07, 6.45) is -3.75. The average molecular weight is 343 g/mol. The van der Waals surface area contributed by atoms with Crippen LogP contribution < -0.4 is 5.32 Å². The molecule has 8 heteroatoms. The minimum atomic E-state index is -4.81. The van der Waals surface area contributed by atoms with Crippen LogP contribution in [-0.4, -0.2) is 28.2 Å². The Bertz CT molecular complexity index is 714. The van der Waals surface area contributed by atoms with Crippen molar-refractivity contribution in [3.05, 3.63) is 47.2 Å². The molecule has 0 aliphatic carbocycles. The van der Waals surface area contributed by atoms with Crippen molar-refractivity contribution >= 4 is 11.9 Å². The normalized spacial score (nSPS) is 27.1. The average Bonchev–Trinajstić information content (AvgIpc) is 2.44. The van der Waals surface area contributed by atoms with Crippen LogP contribution in [0.2, 0.25) is 0 Å². The molecule has 0 radical (unpaired) electrons. The Labute approximate surface area is 135 Å². The predicted molar refractivity (Wildman–Crippen MR) is 78.2 cm³/mol. The van der Waals surface area contributed by atoms with E-state index in [0.717, 1.165) is 24.3 Å². The van der Waals surface area contributed by atoms with E-state index in [1.807, 2.05) is 0 Å². The van der Waals surface area contributed by atoms with Gasteiger partial charge in [0.25, 0.3) is 0 Å². The van der Waals surface area contributed by atoms with Gasteiger partial charge in [-0.2, -0.15) is 13.2 Å². The van der Waals surface area contributed by atoms with E-state index in [2.05, 4.69) is 5.32 Å². The fourth-order valence-electron chi connectivity index (χ4n) is 3.36. The minimum Gasteiger partial charge on any atom is -0.481 e. The molecule has 3 atom stereocenters. The van der Waals surface area contributed by atoms with Crippen LogP contribution in [0.15, 0.2) is 36.0 Å². The zero-order valence-electron chi connectivity index (χ0n) is 12.9. The van der Waals surface area contributed by atoms with Crippen molar-refractivity contribution in [2.75, 3.05) is 0 Å². The number of halogens is 3.